The van der Waals surface area contributed by atoms with Gasteiger partial charge in [0.05, 0.1) is 22.6 Å². The highest BCUT2D eigenvalue weighted by molar-refractivity contribution is 7.89. The average molecular weight is 688 g/mol. The lowest BCUT2D eigenvalue weighted by atomic mass is 9.99. The summed E-state index contributed by atoms with van der Waals surface area (Å²) in [7, 11) is -4.07. The molecule has 15 heteroatoms. The number of aryl methyl sites for hydroxylation is 2. The number of carbonyl (C=O) groups excluding carboxylic acids is 3. The second-order valence-electron chi connectivity index (χ2n) is 11.9. The Balaban J connectivity index is 1.25. The standard InChI is InChI=1S/C34H31F2N7O5S/c1-18-7-9-24(49(37,47)48)13-26(18)25-5-4-6-28(32(25)36)40-34(46)30-12-23(35)16-42(30)31(45)17-43-29-10-8-21(22-14-38-20(3)39-15-22)11-27(29)33(41-43)19(2)44/h4-11,13-15,23,30H,12,16-17H2,1-3H3,(H,40,46)(H2,37,47,48)/t23-,30+/m1/s1. The van der Waals surface area contributed by atoms with Crippen LogP contribution >= 0.6 is 0 Å². The topological polar surface area (TPSA) is 170 Å². The zero-order valence-corrected chi connectivity index (χ0v) is 27.5. The highest BCUT2D eigenvalue weighted by atomic mass is 32.2. The van der Waals surface area contributed by atoms with Crippen LogP contribution in [-0.4, -0.2) is 69.4 Å². The van der Waals surface area contributed by atoms with Crippen molar-refractivity contribution in [1.82, 2.24) is 24.6 Å². The molecule has 2 atom stereocenters. The molecule has 0 radical (unpaired) electrons. The number of rotatable bonds is 8. The van der Waals surface area contributed by atoms with E-state index in [9.17, 15) is 27.2 Å². The summed E-state index contributed by atoms with van der Waals surface area (Å²) >= 11 is 0. The lowest BCUT2D eigenvalue weighted by Crippen LogP contribution is -2.44. The number of ketones is 1. The smallest absolute Gasteiger partial charge is 0.247 e. The summed E-state index contributed by atoms with van der Waals surface area (Å²) in [5.74, 6) is -2.01. The molecule has 0 bridgehead atoms. The minimum Gasteiger partial charge on any atom is -0.326 e. The Kier molecular flexibility index (Phi) is 8.81. The number of primary sulfonamides is 1. The van der Waals surface area contributed by atoms with Gasteiger partial charge in [0.1, 0.15) is 30.3 Å². The first-order valence-corrected chi connectivity index (χ1v) is 16.7. The molecule has 1 fully saturated rings. The lowest BCUT2D eigenvalue weighted by Gasteiger charge is -2.24. The number of likely N-dealkylation sites (tertiary alicyclic amines) is 1. The maximum Gasteiger partial charge on any atom is 0.247 e. The molecule has 0 aliphatic carbocycles. The van der Waals surface area contributed by atoms with Gasteiger partial charge in [0, 0.05) is 42.3 Å². The summed E-state index contributed by atoms with van der Waals surface area (Å²) in [5, 5.41) is 12.6. The van der Waals surface area contributed by atoms with Crippen molar-refractivity contribution in [3.8, 4) is 22.3 Å². The summed E-state index contributed by atoms with van der Waals surface area (Å²) in [6.07, 6.45) is 1.49. The van der Waals surface area contributed by atoms with Crippen molar-refractivity contribution >= 4 is 44.2 Å². The Morgan fingerprint density at radius 3 is 2.43 bits per heavy atom. The first kappa shape index (κ1) is 33.5. The van der Waals surface area contributed by atoms with Gasteiger partial charge in [0.15, 0.2) is 11.6 Å². The number of nitrogens with two attached hydrogens (primary N) is 1. The van der Waals surface area contributed by atoms with Crippen LogP contribution in [0.25, 0.3) is 33.2 Å². The van der Waals surface area contributed by atoms with Gasteiger partial charge in [-0.05, 0) is 60.9 Å². The van der Waals surface area contributed by atoms with Crippen molar-refractivity contribution in [3.05, 3.63) is 89.9 Å². The molecule has 1 aliphatic rings. The second-order valence-corrected chi connectivity index (χ2v) is 13.4. The number of sulfonamides is 1. The molecule has 6 rings (SSSR count). The van der Waals surface area contributed by atoms with E-state index in [1.165, 1.54) is 48.0 Å². The first-order valence-electron chi connectivity index (χ1n) is 15.2. The Morgan fingerprint density at radius 2 is 1.73 bits per heavy atom. The van der Waals surface area contributed by atoms with Gasteiger partial charge in [-0.15, -0.1) is 0 Å². The molecule has 12 nitrogen and oxygen atoms in total. The second kappa shape index (κ2) is 12.9. The number of benzene rings is 3. The van der Waals surface area contributed by atoms with Gasteiger partial charge in [-0.25, -0.2) is 32.3 Å². The van der Waals surface area contributed by atoms with E-state index in [-0.39, 0.29) is 46.2 Å². The molecule has 2 amide bonds. The number of Topliss-reactive ketones (excluding diaryl/α,β-unsaturated/α-hetero) is 1. The number of halogens is 2. The Labute approximate surface area is 280 Å². The third-order valence-electron chi connectivity index (χ3n) is 8.44. The summed E-state index contributed by atoms with van der Waals surface area (Å²) in [6.45, 7) is 4.03. The van der Waals surface area contributed by atoms with E-state index in [2.05, 4.69) is 20.4 Å². The zero-order valence-electron chi connectivity index (χ0n) is 26.6. The fourth-order valence-corrected chi connectivity index (χ4v) is 6.47. The SMILES string of the molecule is CC(=O)c1nn(CC(=O)N2C[C@H](F)C[C@H]2C(=O)Nc2cccc(-c3cc(S(N)(=O)=O)ccc3C)c2F)c2ccc(-c3cnc(C)nc3)cc12. The van der Waals surface area contributed by atoms with Gasteiger partial charge in [-0.3, -0.25) is 19.1 Å². The predicted octanol–water partition coefficient (Wildman–Crippen LogP) is 4.34. The fourth-order valence-electron chi connectivity index (χ4n) is 5.93. The number of anilines is 1. The van der Waals surface area contributed by atoms with E-state index in [1.807, 2.05) is 0 Å². The van der Waals surface area contributed by atoms with E-state index in [4.69, 9.17) is 5.14 Å². The molecule has 0 unspecified atom stereocenters. The van der Waals surface area contributed by atoms with Crippen molar-refractivity contribution < 1.29 is 31.6 Å². The number of hydrogen-bond acceptors (Lipinski definition) is 8. The molecule has 0 saturated carbocycles. The van der Waals surface area contributed by atoms with E-state index < -0.39 is 46.4 Å². The van der Waals surface area contributed by atoms with Gasteiger partial charge in [-0.2, -0.15) is 5.10 Å². The highest BCUT2D eigenvalue weighted by Gasteiger charge is 2.40. The van der Waals surface area contributed by atoms with Crippen LogP contribution in [0.4, 0.5) is 14.5 Å². The van der Waals surface area contributed by atoms with E-state index in [0.29, 0.717) is 22.3 Å². The fraction of sp³-hybridized carbons (Fsp3) is 0.235. The Morgan fingerprint density at radius 1 is 1.00 bits per heavy atom. The number of amides is 2. The normalized spacial score (nSPS) is 16.2. The van der Waals surface area contributed by atoms with Crippen molar-refractivity contribution in [3.63, 3.8) is 0 Å². The minimum atomic E-state index is -4.07. The van der Waals surface area contributed by atoms with Crippen molar-refractivity contribution in [2.45, 2.75) is 50.8 Å². The summed E-state index contributed by atoms with van der Waals surface area (Å²) in [6, 6.07) is 12.2. The largest absolute Gasteiger partial charge is 0.326 e. The third-order valence-corrected chi connectivity index (χ3v) is 9.35. The van der Waals surface area contributed by atoms with Crippen LogP contribution in [0.5, 0.6) is 0 Å². The van der Waals surface area contributed by atoms with Gasteiger partial charge < -0.3 is 10.2 Å². The molecule has 3 aromatic carbocycles. The first-order chi connectivity index (χ1) is 23.2. The number of nitrogens with zero attached hydrogens (tertiary/aromatic N) is 5. The molecule has 0 spiro atoms. The summed E-state index contributed by atoms with van der Waals surface area (Å²) in [5.41, 5.74) is 2.65. The van der Waals surface area contributed by atoms with E-state index >= 15 is 4.39 Å². The monoisotopic (exact) mass is 687 g/mol. The van der Waals surface area contributed by atoms with Gasteiger partial charge in [-0.1, -0.05) is 24.3 Å². The molecule has 1 saturated heterocycles. The summed E-state index contributed by atoms with van der Waals surface area (Å²) in [4.78, 5) is 48.9. The number of hydrogen-bond donors (Lipinski definition) is 2. The van der Waals surface area contributed by atoms with Gasteiger partial charge >= 0.3 is 0 Å². The van der Waals surface area contributed by atoms with Gasteiger partial charge in [0.25, 0.3) is 0 Å². The van der Waals surface area contributed by atoms with Crippen LogP contribution in [0.15, 0.2) is 71.9 Å². The molecular weight excluding hydrogens is 656 g/mol. The van der Waals surface area contributed by atoms with Crippen molar-refractivity contribution in [1.29, 1.82) is 0 Å². The predicted molar refractivity (Wildman–Crippen MR) is 177 cm³/mol. The molecule has 1 aliphatic heterocycles. The van der Waals surface area contributed by atoms with Crippen LogP contribution in [-0.2, 0) is 26.2 Å². The highest BCUT2D eigenvalue weighted by Crippen LogP contribution is 2.33. The van der Waals surface area contributed by atoms with Crippen molar-refractivity contribution in [2.75, 3.05) is 11.9 Å². The number of alkyl halides is 1. The van der Waals surface area contributed by atoms with E-state index in [1.54, 1.807) is 44.4 Å². The average Bonchev–Trinajstić information content (AvgIpc) is 3.62. The third kappa shape index (κ3) is 6.67. The van der Waals surface area contributed by atoms with E-state index in [0.717, 1.165) is 16.0 Å². The molecule has 3 heterocycles. The van der Waals surface area contributed by atoms with Crippen LogP contribution < -0.4 is 10.5 Å². The molecule has 3 N–H and O–H groups in total. The van der Waals surface area contributed by atoms with Crippen LogP contribution in [0.3, 0.4) is 0 Å². The van der Waals surface area contributed by atoms with Crippen LogP contribution in [0.1, 0.15) is 35.2 Å². The minimum absolute atomic E-state index is 0.00780. The number of aromatic nitrogens is 4. The molecule has 2 aromatic heterocycles. The van der Waals surface area contributed by atoms with Crippen molar-refractivity contribution in [2.24, 2.45) is 5.14 Å². The van der Waals surface area contributed by atoms with Crippen LogP contribution in [0.2, 0.25) is 0 Å². The Hall–Kier alpha value is -5.41. The quantitative estimate of drug-likeness (QED) is 0.227. The number of nitrogens with one attached hydrogen (secondary N) is 1. The number of fused-ring (bicyclic) bond motifs is 1. The zero-order chi connectivity index (χ0) is 35.2. The Bertz CT molecular complexity index is 2260. The molecule has 5 aromatic rings. The summed E-state index contributed by atoms with van der Waals surface area (Å²) < 4.78 is 55.7. The molecule has 49 heavy (non-hydrogen) atoms. The number of carbonyl (C=O) groups is 3. The van der Waals surface area contributed by atoms with Gasteiger partial charge in [0.2, 0.25) is 21.8 Å². The van der Waals surface area contributed by atoms with Crippen LogP contribution in [0, 0.1) is 19.7 Å². The molecule has 252 valence electrons. The molecular formula is C34H31F2N7O5S. The lowest BCUT2D eigenvalue weighted by molar-refractivity contribution is -0.137. The maximum atomic E-state index is 15.8. The maximum absolute atomic E-state index is 15.8.